The van der Waals surface area contributed by atoms with E-state index in [2.05, 4.69) is 10.5 Å². The first kappa shape index (κ1) is 24.4. The quantitative estimate of drug-likeness (QED) is 0.283. The molecule has 0 aliphatic rings. The van der Waals surface area contributed by atoms with Crippen LogP contribution in [0.3, 0.4) is 0 Å². The second-order valence-electron chi connectivity index (χ2n) is 7.14. The molecule has 0 atom stereocenters. The zero-order valence-corrected chi connectivity index (χ0v) is 19.2. The molecule has 34 heavy (non-hydrogen) atoms. The summed E-state index contributed by atoms with van der Waals surface area (Å²) >= 11 is 0. The monoisotopic (exact) mass is 482 g/mol. The number of nitrogens with zero attached hydrogens (tertiary/aromatic N) is 3. The second kappa shape index (κ2) is 10.6. The molecule has 0 aliphatic heterocycles. The number of hydrogen-bond acceptors (Lipinski definition) is 7. The highest BCUT2D eigenvalue weighted by atomic mass is 32.2. The predicted molar refractivity (Wildman–Crippen MR) is 128 cm³/mol. The van der Waals surface area contributed by atoms with Gasteiger partial charge in [0.2, 0.25) is 0 Å². The van der Waals surface area contributed by atoms with Crippen molar-refractivity contribution < 1.29 is 22.9 Å². The molecule has 0 heterocycles. The molecule has 0 saturated carbocycles. The third-order valence-electron chi connectivity index (χ3n) is 4.73. The van der Waals surface area contributed by atoms with Crippen molar-refractivity contribution in [2.24, 2.45) is 5.10 Å². The Morgan fingerprint density at radius 1 is 1.12 bits per heavy atom. The maximum atomic E-state index is 13.4. The number of nitrogens with one attached hydrogen (secondary N) is 1. The van der Waals surface area contributed by atoms with E-state index in [-0.39, 0.29) is 22.0 Å². The van der Waals surface area contributed by atoms with Gasteiger partial charge in [-0.3, -0.25) is 19.2 Å². The van der Waals surface area contributed by atoms with E-state index in [1.807, 2.05) is 0 Å². The van der Waals surface area contributed by atoms with E-state index >= 15 is 0 Å². The first-order valence-electron chi connectivity index (χ1n) is 10.0. The maximum absolute atomic E-state index is 13.4. The van der Waals surface area contributed by atoms with E-state index in [0.29, 0.717) is 5.56 Å². The van der Waals surface area contributed by atoms with Crippen molar-refractivity contribution in [2.45, 2.75) is 11.8 Å². The minimum atomic E-state index is -4.11. The largest absolute Gasteiger partial charge is 0.495 e. The van der Waals surface area contributed by atoms with Gasteiger partial charge in [0.15, 0.2) is 0 Å². The summed E-state index contributed by atoms with van der Waals surface area (Å²) in [6.45, 7) is 1.24. The molecule has 0 bridgehead atoms. The summed E-state index contributed by atoms with van der Waals surface area (Å²) in [7, 11) is -2.70. The van der Waals surface area contributed by atoms with Crippen LogP contribution in [-0.2, 0) is 14.8 Å². The Hall–Kier alpha value is -4.25. The van der Waals surface area contributed by atoms with Crippen molar-refractivity contribution in [3.8, 4) is 5.75 Å². The Kier molecular flexibility index (Phi) is 7.59. The fraction of sp³-hybridized carbons (Fsp3) is 0.130. The number of hydrogen-bond donors (Lipinski definition) is 1. The number of ether oxygens (including phenoxy) is 1. The molecule has 0 spiro atoms. The molecule has 0 aromatic heterocycles. The van der Waals surface area contributed by atoms with E-state index in [1.54, 1.807) is 43.3 Å². The van der Waals surface area contributed by atoms with Crippen LogP contribution in [-0.4, -0.2) is 39.1 Å². The molecule has 10 nitrogen and oxygen atoms in total. The van der Waals surface area contributed by atoms with Crippen LogP contribution in [0.2, 0.25) is 0 Å². The number of sulfonamides is 1. The third-order valence-corrected chi connectivity index (χ3v) is 6.50. The number of carbonyl (C=O) groups is 1. The normalized spacial score (nSPS) is 11.2. The molecule has 1 N–H and O–H groups in total. The van der Waals surface area contributed by atoms with Gasteiger partial charge in [0, 0.05) is 12.1 Å². The lowest BCUT2D eigenvalue weighted by molar-refractivity contribution is -0.384. The highest BCUT2D eigenvalue weighted by molar-refractivity contribution is 7.92. The zero-order valence-electron chi connectivity index (χ0n) is 18.4. The number of anilines is 1. The molecule has 3 aromatic carbocycles. The molecule has 1 amide bonds. The number of benzene rings is 3. The Bertz CT molecular complexity index is 1310. The number of amides is 1. The fourth-order valence-electron chi connectivity index (χ4n) is 3.04. The molecule has 0 radical (unpaired) electrons. The average Bonchev–Trinajstić information content (AvgIpc) is 2.83. The standard InChI is InChI=1S/C23H22N4O6S/c1-17-8-13-22(33-2)21(14-17)26(34(31,32)20-6-4-3-5-7-20)16-23(28)25-24-15-18-9-11-19(12-10-18)27(29)30/h3-15H,16H2,1-2H3,(H,25,28)/b24-15-. The lowest BCUT2D eigenvalue weighted by Gasteiger charge is -2.25. The van der Waals surface area contributed by atoms with Crippen molar-refractivity contribution >= 4 is 33.5 Å². The van der Waals surface area contributed by atoms with Crippen LogP contribution in [0.5, 0.6) is 5.75 Å². The third kappa shape index (κ3) is 5.75. The summed E-state index contributed by atoms with van der Waals surface area (Å²) in [5.74, 6) is -0.409. The number of nitro benzene ring substituents is 1. The molecule has 3 aromatic rings. The van der Waals surface area contributed by atoms with Gasteiger partial charge in [-0.1, -0.05) is 24.3 Å². The maximum Gasteiger partial charge on any atom is 0.269 e. The fourth-order valence-corrected chi connectivity index (χ4v) is 4.49. The molecule has 11 heteroatoms. The number of carbonyl (C=O) groups excluding carboxylic acids is 1. The second-order valence-corrected chi connectivity index (χ2v) is 9.00. The number of hydrazone groups is 1. The number of methoxy groups -OCH3 is 1. The predicted octanol–water partition coefficient (Wildman–Crippen LogP) is 3.26. The number of aryl methyl sites for hydroxylation is 1. The first-order chi connectivity index (χ1) is 16.2. The molecule has 0 fully saturated rings. The van der Waals surface area contributed by atoms with E-state index in [0.717, 1.165) is 9.87 Å². The summed E-state index contributed by atoms with van der Waals surface area (Å²) in [5.41, 5.74) is 3.72. The van der Waals surface area contributed by atoms with Crippen molar-refractivity contribution in [3.63, 3.8) is 0 Å². The molecule has 0 unspecified atom stereocenters. The van der Waals surface area contributed by atoms with Crippen LogP contribution in [0.4, 0.5) is 11.4 Å². The smallest absolute Gasteiger partial charge is 0.269 e. The zero-order chi connectivity index (χ0) is 24.7. The minimum Gasteiger partial charge on any atom is -0.495 e. The summed E-state index contributed by atoms with van der Waals surface area (Å²) in [6, 6.07) is 18.3. The van der Waals surface area contributed by atoms with E-state index in [4.69, 9.17) is 4.74 Å². The van der Waals surface area contributed by atoms with Crippen LogP contribution in [0, 0.1) is 17.0 Å². The van der Waals surface area contributed by atoms with E-state index < -0.39 is 27.4 Å². The van der Waals surface area contributed by atoms with Crippen molar-refractivity contribution in [1.29, 1.82) is 0 Å². The van der Waals surface area contributed by atoms with Crippen LogP contribution in [0.25, 0.3) is 0 Å². The average molecular weight is 483 g/mol. The van der Waals surface area contributed by atoms with Gasteiger partial charge in [0.05, 0.1) is 28.8 Å². The molecule has 0 saturated heterocycles. The Morgan fingerprint density at radius 2 is 1.79 bits per heavy atom. The van der Waals surface area contributed by atoms with E-state index in [9.17, 15) is 23.3 Å². The Labute approximate surface area is 196 Å². The van der Waals surface area contributed by atoms with Gasteiger partial charge in [-0.25, -0.2) is 13.8 Å². The molecular formula is C23H22N4O6S. The molecule has 0 aliphatic carbocycles. The van der Waals surface area contributed by atoms with Crippen molar-refractivity contribution in [2.75, 3.05) is 18.0 Å². The van der Waals surface area contributed by atoms with Gasteiger partial charge < -0.3 is 4.74 Å². The summed E-state index contributed by atoms with van der Waals surface area (Å²) in [4.78, 5) is 22.9. The summed E-state index contributed by atoms with van der Waals surface area (Å²) < 4.78 is 33.2. The van der Waals surface area contributed by atoms with Crippen LogP contribution >= 0.6 is 0 Å². The lowest BCUT2D eigenvalue weighted by atomic mass is 10.2. The highest BCUT2D eigenvalue weighted by Gasteiger charge is 2.29. The van der Waals surface area contributed by atoms with Gasteiger partial charge in [0.25, 0.3) is 21.6 Å². The topological polar surface area (TPSA) is 131 Å². The van der Waals surface area contributed by atoms with E-state index in [1.165, 1.54) is 49.7 Å². The number of rotatable bonds is 9. The first-order valence-corrected chi connectivity index (χ1v) is 11.4. The van der Waals surface area contributed by atoms with Gasteiger partial charge in [-0.2, -0.15) is 5.10 Å². The highest BCUT2D eigenvalue weighted by Crippen LogP contribution is 2.33. The number of nitro groups is 1. The van der Waals surface area contributed by atoms with Crippen molar-refractivity contribution in [1.82, 2.24) is 5.43 Å². The van der Waals surface area contributed by atoms with Gasteiger partial charge in [-0.05, 0) is 54.4 Å². The Balaban J connectivity index is 1.86. The summed E-state index contributed by atoms with van der Waals surface area (Å²) in [5, 5.41) is 14.6. The lowest BCUT2D eigenvalue weighted by Crippen LogP contribution is -2.39. The molecule has 3 rings (SSSR count). The SMILES string of the molecule is COc1ccc(C)cc1N(CC(=O)N/N=C\c1ccc([N+](=O)[O-])cc1)S(=O)(=O)c1ccccc1. The number of non-ortho nitro benzene ring substituents is 1. The minimum absolute atomic E-state index is 0.0146. The van der Waals surface area contributed by atoms with Gasteiger partial charge in [0.1, 0.15) is 12.3 Å². The van der Waals surface area contributed by atoms with Crippen LogP contribution in [0.1, 0.15) is 11.1 Å². The molecule has 176 valence electrons. The Morgan fingerprint density at radius 3 is 2.41 bits per heavy atom. The van der Waals surface area contributed by atoms with Crippen LogP contribution < -0.4 is 14.5 Å². The van der Waals surface area contributed by atoms with Crippen LogP contribution in [0.15, 0.2) is 82.8 Å². The summed E-state index contributed by atoms with van der Waals surface area (Å²) in [6.07, 6.45) is 1.30. The van der Waals surface area contributed by atoms with Crippen molar-refractivity contribution in [3.05, 3.63) is 94.0 Å². The van der Waals surface area contributed by atoms with Gasteiger partial charge >= 0.3 is 0 Å². The molecular weight excluding hydrogens is 460 g/mol. The van der Waals surface area contributed by atoms with Gasteiger partial charge in [-0.15, -0.1) is 0 Å².